The summed E-state index contributed by atoms with van der Waals surface area (Å²) in [5, 5.41) is 1.01. The number of methoxy groups -OCH3 is 1. The monoisotopic (exact) mass is 362 g/mol. The number of pyridine rings is 1. The van der Waals surface area contributed by atoms with Gasteiger partial charge in [0.25, 0.3) is 0 Å². The molecular weight excluding hydrogens is 340 g/mol. The molecule has 1 aliphatic rings. The predicted molar refractivity (Wildman–Crippen MR) is 107 cm³/mol. The highest BCUT2D eigenvalue weighted by atomic mass is 16.5. The number of Topliss-reactive ketones (excluding diaryl/α,β-unsaturated/α-hetero) is 1. The Hall–Kier alpha value is -2.92. The number of hydrogen-bond donors (Lipinski definition) is 0. The molecule has 3 aromatic rings. The average molecular weight is 362 g/mol. The van der Waals surface area contributed by atoms with Crippen LogP contribution in [0.3, 0.4) is 0 Å². The van der Waals surface area contributed by atoms with Gasteiger partial charge in [0.15, 0.2) is 5.78 Å². The highest BCUT2D eigenvalue weighted by molar-refractivity contribution is 6.03. The van der Waals surface area contributed by atoms with Crippen LogP contribution in [0.1, 0.15) is 17.3 Å². The first kappa shape index (κ1) is 17.5. The van der Waals surface area contributed by atoms with Crippen molar-refractivity contribution in [1.82, 2.24) is 4.98 Å². The lowest BCUT2D eigenvalue weighted by Gasteiger charge is -2.31. The number of rotatable bonds is 4. The van der Waals surface area contributed by atoms with Gasteiger partial charge in [-0.25, -0.2) is 0 Å². The number of carbonyl (C=O) groups excluding carboxylic acids is 1. The van der Waals surface area contributed by atoms with E-state index in [9.17, 15) is 4.79 Å². The van der Waals surface area contributed by atoms with Crippen molar-refractivity contribution in [2.75, 3.05) is 38.3 Å². The molecule has 2 aromatic carbocycles. The summed E-state index contributed by atoms with van der Waals surface area (Å²) in [4.78, 5) is 18.8. The molecule has 0 saturated carbocycles. The topological polar surface area (TPSA) is 51.7 Å². The molecule has 0 atom stereocenters. The standard InChI is InChI=1S/C22H22N2O3/c1-15(25)16-5-7-20(24-10-12-27-13-11-24)19(14-16)17-6-8-21(26-2)22-18(17)4-3-9-23-22/h3-9,14H,10-13H2,1-2H3. The molecule has 0 spiro atoms. The maximum absolute atomic E-state index is 12.0. The van der Waals surface area contributed by atoms with E-state index in [1.165, 1.54) is 0 Å². The number of morpholine rings is 1. The number of aromatic nitrogens is 1. The largest absolute Gasteiger partial charge is 0.494 e. The molecule has 5 heteroatoms. The Labute approximate surface area is 158 Å². The van der Waals surface area contributed by atoms with Crippen LogP contribution in [0.25, 0.3) is 22.0 Å². The van der Waals surface area contributed by atoms with Crippen molar-refractivity contribution in [3.63, 3.8) is 0 Å². The molecule has 5 nitrogen and oxygen atoms in total. The highest BCUT2D eigenvalue weighted by Crippen LogP contribution is 2.39. The SMILES string of the molecule is COc1ccc(-c2cc(C(C)=O)ccc2N2CCOCC2)c2cccnc12. The molecule has 1 aliphatic heterocycles. The summed E-state index contributed by atoms with van der Waals surface area (Å²) in [6.45, 7) is 4.68. The minimum absolute atomic E-state index is 0.0562. The Morgan fingerprint density at radius 2 is 1.93 bits per heavy atom. The van der Waals surface area contributed by atoms with Gasteiger partial charge < -0.3 is 14.4 Å². The molecule has 0 N–H and O–H groups in total. The van der Waals surface area contributed by atoms with Crippen LogP contribution in [0.2, 0.25) is 0 Å². The predicted octanol–water partition coefficient (Wildman–Crippen LogP) is 3.95. The summed E-state index contributed by atoms with van der Waals surface area (Å²) in [5.41, 5.74) is 4.71. The van der Waals surface area contributed by atoms with Gasteiger partial charge in [-0.1, -0.05) is 6.07 Å². The van der Waals surface area contributed by atoms with Crippen LogP contribution in [0, 0.1) is 0 Å². The molecule has 2 heterocycles. The van der Waals surface area contributed by atoms with Gasteiger partial charge in [-0.3, -0.25) is 9.78 Å². The number of carbonyl (C=O) groups is 1. The van der Waals surface area contributed by atoms with E-state index in [0.717, 1.165) is 46.6 Å². The molecule has 1 aromatic heterocycles. The van der Waals surface area contributed by atoms with Crippen LogP contribution in [0.5, 0.6) is 5.75 Å². The van der Waals surface area contributed by atoms with Crippen molar-refractivity contribution in [2.24, 2.45) is 0 Å². The number of anilines is 1. The van der Waals surface area contributed by atoms with E-state index in [0.29, 0.717) is 18.8 Å². The van der Waals surface area contributed by atoms with Crippen molar-refractivity contribution in [2.45, 2.75) is 6.92 Å². The lowest BCUT2D eigenvalue weighted by molar-refractivity contribution is 0.101. The van der Waals surface area contributed by atoms with Crippen molar-refractivity contribution in [3.05, 3.63) is 54.2 Å². The van der Waals surface area contributed by atoms with Crippen LogP contribution in [0.15, 0.2) is 48.7 Å². The zero-order valence-corrected chi connectivity index (χ0v) is 15.6. The van der Waals surface area contributed by atoms with Crippen LogP contribution in [-0.2, 0) is 4.74 Å². The summed E-state index contributed by atoms with van der Waals surface area (Å²) >= 11 is 0. The fraction of sp³-hybridized carbons (Fsp3) is 0.273. The minimum atomic E-state index is 0.0562. The molecule has 0 unspecified atom stereocenters. The molecule has 1 saturated heterocycles. The van der Waals surface area contributed by atoms with E-state index in [1.54, 1.807) is 20.2 Å². The third-order valence-corrected chi connectivity index (χ3v) is 5.00. The molecule has 27 heavy (non-hydrogen) atoms. The third-order valence-electron chi connectivity index (χ3n) is 5.00. The van der Waals surface area contributed by atoms with E-state index >= 15 is 0 Å². The van der Waals surface area contributed by atoms with Gasteiger partial charge in [0.2, 0.25) is 0 Å². The van der Waals surface area contributed by atoms with Crippen molar-refractivity contribution >= 4 is 22.4 Å². The zero-order valence-electron chi connectivity index (χ0n) is 15.6. The summed E-state index contributed by atoms with van der Waals surface area (Å²) < 4.78 is 11.0. The number of ketones is 1. The molecule has 138 valence electrons. The van der Waals surface area contributed by atoms with E-state index in [-0.39, 0.29) is 5.78 Å². The normalized spacial score (nSPS) is 14.4. The van der Waals surface area contributed by atoms with Gasteiger partial charge >= 0.3 is 0 Å². The Morgan fingerprint density at radius 1 is 1.11 bits per heavy atom. The van der Waals surface area contributed by atoms with Crippen molar-refractivity contribution in [3.8, 4) is 16.9 Å². The van der Waals surface area contributed by atoms with Crippen LogP contribution in [0.4, 0.5) is 5.69 Å². The summed E-state index contributed by atoms with van der Waals surface area (Å²) in [7, 11) is 1.65. The summed E-state index contributed by atoms with van der Waals surface area (Å²) in [6, 6.07) is 13.9. The Bertz CT molecular complexity index is 994. The molecule has 0 bridgehead atoms. The molecule has 0 amide bonds. The van der Waals surface area contributed by atoms with E-state index in [2.05, 4.69) is 9.88 Å². The lowest BCUT2D eigenvalue weighted by atomic mass is 9.95. The smallest absolute Gasteiger partial charge is 0.159 e. The molecule has 1 fully saturated rings. The van der Waals surface area contributed by atoms with E-state index < -0.39 is 0 Å². The van der Waals surface area contributed by atoms with E-state index in [4.69, 9.17) is 9.47 Å². The number of fused-ring (bicyclic) bond motifs is 1. The fourth-order valence-corrected chi connectivity index (χ4v) is 3.60. The Morgan fingerprint density at radius 3 is 2.67 bits per heavy atom. The highest BCUT2D eigenvalue weighted by Gasteiger charge is 2.19. The summed E-state index contributed by atoms with van der Waals surface area (Å²) in [6.07, 6.45) is 1.77. The Kier molecular flexibility index (Phi) is 4.77. The van der Waals surface area contributed by atoms with Crippen LogP contribution in [-0.4, -0.2) is 44.2 Å². The van der Waals surface area contributed by atoms with Gasteiger partial charge in [-0.2, -0.15) is 0 Å². The second-order valence-corrected chi connectivity index (χ2v) is 6.60. The fourth-order valence-electron chi connectivity index (χ4n) is 3.60. The first-order valence-electron chi connectivity index (χ1n) is 9.09. The van der Waals surface area contributed by atoms with Crippen molar-refractivity contribution < 1.29 is 14.3 Å². The average Bonchev–Trinajstić information content (AvgIpc) is 2.73. The van der Waals surface area contributed by atoms with Crippen molar-refractivity contribution in [1.29, 1.82) is 0 Å². The van der Waals surface area contributed by atoms with Gasteiger partial charge in [0.05, 0.1) is 20.3 Å². The first-order chi connectivity index (χ1) is 13.2. The quantitative estimate of drug-likeness (QED) is 0.658. The third kappa shape index (κ3) is 3.26. The number of hydrogen-bond acceptors (Lipinski definition) is 5. The summed E-state index contributed by atoms with van der Waals surface area (Å²) in [5.74, 6) is 0.797. The van der Waals surface area contributed by atoms with Gasteiger partial charge in [0, 0.05) is 41.5 Å². The molecule has 0 radical (unpaired) electrons. The maximum atomic E-state index is 12.0. The number of nitrogens with zero attached hydrogens (tertiary/aromatic N) is 2. The minimum Gasteiger partial charge on any atom is -0.494 e. The van der Waals surface area contributed by atoms with Crippen LogP contribution >= 0.6 is 0 Å². The number of benzene rings is 2. The molecular formula is C22H22N2O3. The first-order valence-corrected chi connectivity index (χ1v) is 9.09. The van der Waals surface area contributed by atoms with Crippen LogP contribution < -0.4 is 9.64 Å². The molecule has 0 aliphatic carbocycles. The zero-order chi connectivity index (χ0) is 18.8. The Balaban J connectivity index is 1.95. The molecule has 4 rings (SSSR count). The lowest BCUT2D eigenvalue weighted by Crippen LogP contribution is -2.36. The maximum Gasteiger partial charge on any atom is 0.159 e. The van der Waals surface area contributed by atoms with Gasteiger partial charge in [-0.05, 0) is 48.9 Å². The number of ether oxygens (including phenoxy) is 2. The van der Waals surface area contributed by atoms with E-state index in [1.807, 2.05) is 42.5 Å². The van der Waals surface area contributed by atoms with Gasteiger partial charge in [0.1, 0.15) is 11.3 Å². The second kappa shape index (κ2) is 7.37. The van der Waals surface area contributed by atoms with Gasteiger partial charge in [-0.15, -0.1) is 0 Å². The second-order valence-electron chi connectivity index (χ2n) is 6.60.